The first-order valence-corrected chi connectivity index (χ1v) is 7.02. The number of ether oxygens (including phenoxy) is 1. The minimum Gasteiger partial charge on any atom is -0.459 e. The predicted octanol–water partition coefficient (Wildman–Crippen LogP) is 2.68. The number of nitrogens with zero attached hydrogens (tertiary/aromatic N) is 1. The van der Waals surface area contributed by atoms with E-state index in [1.165, 1.54) is 6.26 Å². The van der Waals surface area contributed by atoms with Crippen molar-refractivity contribution in [2.24, 2.45) is 0 Å². The zero-order valence-electron chi connectivity index (χ0n) is 12.0. The number of morpholine rings is 1. The lowest BCUT2D eigenvalue weighted by Gasteiger charge is -2.29. The summed E-state index contributed by atoms with van der Waals surface area (Å²) in [4.78, 5) is 14.3. The molecule has 1 amide bonds. The molecule has 0 bridgehead atoms. The molecule has 1 N–H and O–H groups in total. The van der Waals surface area contributed by atoms with Gasteiger partial charge in [0.15, 0.2) is 5.76 Å². The van der Waals surface area contributed by atoms with Crippen LogP contribution in [0.25, 0.3) is 0 Å². The van der Waals surface area contributed by atoms with Gasteiger partial charge in [0.2, 0.25) is 0 Å². The van der Waals surface area contributed by atoms with Gasteiger partial charge in [0.1, 0.15) is 0 Å². The number of furan rings is 1. The van der Waals surface area contributed by atoms with Gasteiger partial charge in [-0.15, -0.1) is 0 Å². The summed E-state index contributed by atoms with van der Waals surface area (Å²) < 4.78 is 10.5. The highest BCUT2D eigenvalue weighted by atomic mass is 16.5. The molecule has 1 saturated heterocycles. The Kier molecular flexibility index (Phi) is 3.92. The van der Waals surface area contributed by atoms with Crippen molar-refractivity contribution in [1.29, 1.82) is 0 Å². The quantitative estimate of drug-likeness (QED) is 0.942. The van der Waals surface area contributed by atoms with Crippen LogP contribution in [0.5, 0.6) is 0 Å². The number of hydrogen-bond acceptors (Lipinski definition) is 4. The van der Waals surface area contributed by atoms with Crippen LogP contribution < -0.4 is 10.2 Å². The first kappa shape index (κ1) is 13.7. The summed E-state index contributed by atoms with van der Waals surface area (Å²) >= 11 is 0. The summed E-state index contributed by atoms with van der Waals surface area (Å²) in [5.74, 6) is 0.0772. The van der Waals surface area contributed by atoms with Gasteiger partial charge in [0, 0.05) is 24.5 Å². The Hall–Kier alpha value is -2.27. The van der Waals surface area contributed by atoms with Gasteiger partial charge in [-0.3, -0.25) is 4.79 Å². The Bertz CT molecular complexity index is 616. The molecule has 1 aromatic carbocycles. The monoisotopic (exact) mass is 286 g/mol. The van der Waals surface area contributed by atoms with Crippen molar-refractivity contribution in [1.82, 2.24) is 0 Å². The number of rotatable bonds is 3. The summed E-state index contributed by atoms with van der Waals surface area (Å²) in [6.45, 7) is 5.19. The first-order valence-electron chi connectivity index (χ1n) is 7.02. The molecule has 0 saturated carbocycles. The van der Waals surface area contributed by atoms with E-state index in [1.807, 2.05) is 19.1 Å². The van der Waals surface area contributed by atoms with E-state index >= 15 is 0 Å². The van der Waals surface area contributed by atoms with Crippen LogP contribution in [0.3, 0.4) is 0 Å². The molecule has 1 aliphatic heterocycles. The lowest BCUT2D eigenvalue weighted by atomic mass is 10.1. The maximum atomic E-state index is 12.1. The van der Waals surface area contributed by atoms with Crippen LogP contribution in [-0.4, -0.2) is 32.2 Å². The third-order valence-electron chi connectivity index (χ3n) is 3.59. The van der Waals surface area contributed by atoms with Gasteiger partial charge >= 0.3 is 0 Å². The Morgan fingerprint density at radius 3 is 2.76 bits per heavy atom. The van der Waals surface area contributed by atoms with E-state index in [2.05, 4.69) is 16.3 Å². The molecule has 1 aromatic heterocycles. The molecule has 1 aliphatic rings. The topological polar surface area (TPSA) is 54.7 Å². The van der Waals surface area contributed by atoms with Gasteiger partial charge in [0.25, 0.3) is 5.91 Å². The standard InChI is InChI=1S/C16H18N2O3/c1-12-4-5-13(18-6-9-20-10-7-18)11-14(12)17-16(19)15-3-2-8-21-15/h2-5,8,11H,6-7,9-10H2,1H3,(H,17,19). The van der Waals surface area contributed by atoms with Gasteiger partial charge in [-0.2, -0.15) is 0 Å². The first-order chi connectivity index (χ1) is 10.2. The molecule has 0 atom stereocenters. The summed E-state index contributed by atoms with van der Waals surface area (Å²) in [5, 5.41) is 2.90. The number of amides is 1. The third kappa shape index (κ3) is 3.08. The average molecular weight is 286 g/mol. The van der Waals surface area contributed by atoms with Gasteiger partial charge < -0.3 is 19.4 Å². The fraction of sp³-hybridized carbons (Fsp3) is 0.312. The molecule has 0 radical (unpaired) electrons. The van der Waals surface area contributed by atoms with Crippen LogP contribution in [0, 0.1) is 6.92 Å². The predicted molar refractivity (Wildman–Crippen MR) is 80.9 cm³/mol. The van der Waals surface area contributed by atoms with E-state index < -0.39 is 0 Å². The van der Waals surface area contributed by atoms with Crippen LogP contribution in [0.15, 0.2) is 41.0 Å². The summed E-state index contributed by atoms with van der Waals surface area (Å²) in [5.41, 5.74) is 2.92. The van der Waals surface area contributed by atoms with Crippen LogP contribution in [0.2, 0.25) is 0 Å². The molecule has 1 fully saturated rings. The average Bonchev–Trinajstić information content (AvgIpc) is 3.05. The SMILES string of the molecule is Cc1ccc(N2CCOCC2)cc1NC(=O)c1ccco1. The number of benzene rings is 1. The van der Waals surface area contributed by atoms with Crippen molar-refractivity contribution in [3.8, 4) is 0 Å². The minimum absolute atomic E-state index is 0.234. The van der Waals surface area contributed by atoms with E-state index in [-0.39, 0.29) is 5.91 Å². The van der Waals surface area contributed by atoms with Crippen molar-refractivity contribution in [3.05, 3.63) is 47.9 Å². The second-order valence-electron chi connectivity index (χ2n) is 5.03. The lowest BCUT2D eigenvalue weighted by molar-refractivity contribution is 0.0996. The van der Waals surface area contributed by atoms with Crippen molar-refractivity contribution in [2.75, 3.05) is 36.5 Å². The highest BCUT2D eigenvalue weighted by Crippen LogP contribution is 2.24. The van der Waals surface area contributed by atoms with Crippen LogP contribution in [0.1, 0.15) is 16.1 Å². The van der Waals surface area contributed by atoms with Crippen molar-refractivity contribution < 1.29 is 13.9 Å². The molecule has 3 rings (SSSR count). The van der Waals surface area contributed by atoms with Crippen molar-refractivity contribution in [3.63, 3.8) is 0 Å². The lowest BCUT2D eigenvalue weighted by Crippen LogP contribution is -2.36. The van der Waals surface area contributed by atoms with E-state index in [1.54, 1.807) is 12.1 Å². The molecule has 2 heterocycles. The number of carbonyl (C=O) groups is 1. The molecular weight excluding hydrogens is 268 g/mol. The smallest absolute Gasteiger partial charge is 0.291 e. The van der Waals surface area contributed by atoms with Crippen LogP contribution >= 0.6 is 0 Å². The Morgan fingerprint density at radius 1 is 1.24 bits per heavy atom. The van der Waals surface area contributed by atoms with E-state index in [4.69, 9.17) is 9.15 Å². The molecule has 5 heteroatoms. The molecule has 0 spiro atoms. The number of nitrogens with one attached hydrogen (secondary N) is 1. The van der Waals surface area contributed by atoms with E-state index in [9.17, 15) is 4.79 Å². The molecule has 5 nitrogen and oxygen atoms in total. The third-order valence-corrected chi connectivity index (χ3v) is 3.59. The highest BCUT2D eigenvalue weighted by molar-refractivity contribution is 6.02. The largest absolute Gasteiger partial charge is 0.459 e. The minimum atomic E-state index is -0.234. The van der Waals surface area contributed by atoms with Gasteiger partial charge in [-0.25, -0.2) is 0 Å². The molecular formula is C16H18N2O3. The Morgan fingerprint density at radius 2 is 2.05 bits per heavy atom. The molecule has 0 aliphatic carbocycles. The number of hydrogen-bond donors (Lipinski definition) is 1. The number of carbonyl (C=O) groups excluding carboxylic acids is 1. The van der Waals surface area contributed by atoms with Crippen LogP contribution in [-0.2, 0) is 4.74 Å². The molecule has 0 unspecified atom stereocenters. The highest BCUT2D eigenvalue weighted by Gasteiger charge is 2.14. The number of anilines is 2. The van der Waals surface area contributed by atoms with E-state index in [0.29, 0.717) is 5.76 Å². The van der Waals surface area contributed by atoms with Crippen molar-refractivity contribution in [2.45, 2.75) is 6.92 Å². The normalized spacial score (nSPS) is 15.0. The summed E-state index contributed by atoms with van der Waals surface area (Å²) in [6.07, 6.45) is 1.49. The molecule has 21 heavy (non-hydrogen) atoms. The maximum absolute atomic E-state index is 12.1. The summed E-state index contributed by atoms with van der Waals surface area (Å²) in [7, 11) is 0. The Labute approximate surface area is 123 Å². The molecule has 110 valence electrons. The maximum Gasteiger partial charge on any atom is 0.291 e. The second kappa shape index (κ2) is 6.01. The van der Waals surface area contributed by atoms with Crippen molar-refractivity contribution >= 4 is 17.3 Å². The fourth-order valence-electron chi connectivity index (χ4n) is 2.35. The van der Waals surface area contributed by atoms with E-state index in [0.717, 1.165) is 43.2 Å². The zero-order chi connectivity index (χ0) is 14.7. The van der Waals surface area contributed by atoms with Gasteiger partial charge in [-0.05, 0) is 36.8 Å². The second-order valence-corrected chi connectivity index (χ2v) is 5.03. The van der Waals surface area contributed by atoms with Gasteiger partial charge in [0.05, 0.1) is 19.5 Å². The van der Waals surface area contributed by atoms with Gasteiger partial charge in [-0.1, -0.05) is 6.07 Å². The fourth-order valence-corrected chi connectivity index (χ4v) is 2.35. The molecule has 2 aromatic rings. The Balaban J connectivity index is 1.79. The summed E-state index contributed by atoms with van der Waals surface area (Å²) in [6, 6.07) is 9.44. The van der Waals surface area contributed by atoms with Crippen LogP contribution in [0.4, 0.5) is 11.4 Å². The zero-order valence-corrected chi connectivity index (χ0v) is 12.0. The number of aryl methyl sites for hydroxylation is 1.